The zero-order valence-corrected chi connectivity index (χ0v) is 7.73. The maximum Gasteiger partial charge on any atom is 0.328 e. The Morgan fingerprint density at radius 1 is 1.64 bits per heavy atom. The Labute approximate surface area is 81.5 Å². The quantitative estimate of drug-likeness (QED) is 0.492. The van der Waals surface area contributed by atoms with Gasteiger partial charge in [0.2, 0.25) is 0 Å². The number of aliphatic carboxylic acids is 1. The van der Waals surface area contributed by atoms with Crippen LogP contribution in [0.3, 0.4) is 0 Å². The number of rotatable bonds is 4. The van der Waals surface area contributed by atoms with Crippen LogP contribution in [0.5, 0.6) is 0 Å². The van der Waals surface area contributed by atoms with Crippen LogP contribution in [0.1, 0.15) is 0 Å². The monoisotopic (exact) mass is 200 g/mol. The molecule has 0 aromatic heterocycles. The molecule has 0 aliphatic heterocycles. The van der Waals surface area contributed by atoms with E-state index in [2.05, 4.69) is 11.2 Å². The van der Waals surface area contributed by atoms with Crippen molar-refractivity contribution in [3.05, 3.63) is 0 Å². The molecule has 0 radical (unpaired) electrons. The van der Waals surface area contributed by atoms with Gasteiger partial charge in [-0.3, -0.25) is 0 Å². The number of aliphatic hydroxyl groups excluding tert-OH is 1. The van der Waals surface area contributed by atoms with Gasteiger partial charge in [-0.1, -0.05) is 5.92 Å². The van der Waals surface area contributed by atoms with Crippen molar-refractivity contribution in [1.29, 1.82) is 0 Å². The first-order chi connectivity index (χ1) is 6.52. The molecular formula is C8H12N2O4. The number of carbonyl (C=O) groups excluding carboxylic acids is 1. The van der Waals surface area contributed by atoms with Crippen molar-refractivity contribution in [1.82, 2.24) is 10.2 Å². The first-order valence-corrected chi connectivity index (χ1v) is 3.81. The van der Waals surface area contributed by atoms with Crippen LogP contribution in [-0.2, 0) is 4.79 Å². The smallest absolute Gasteiger partial charge is 0.328 e. The third-order valence-electron chi connectivity index (χ3n) is 1.45. The zero-order valence-electron chi connectivity index (χ0n) is 7.73. The lowest BCUT2D eigenvalue weighted by Gasteiger charge is -2.18. The van der Waals surface area contributed by atoms with Gasteiger partial charge < -0.3 is 20.4 Å². The summed E-state index contributed by atoms with van der Waals surface area (Å²) in [5.74, 6) is 0.928. The minimum Gasteiger partial charge on any atom is -0.480 e. The molecule has 14 heavy (non-hydrogen) atoms. The van der Waals surface area contributed by atoms with Gasteiger partial charge in [0.15, 0.2) is 6.04 Å². The Bertz CT molecular complexity index is 259. The average Bonchev–Trinajstić information content (AvgIpc) is 2.13. The highest BCUT2D eigenvalue weighted by molar-refractivity contribution is 5.82. The second kappa shape index (κ2) is 5.83. The van der Waals surface area contributed by atoms with Crippen molar-refractivity contribution < 1.29 is 19.8 Å². The standard InChI is InChI=1S/C8H12N2O4/c1-3-4-10(2)8(14)9-6(5-11)7(12)13/h1,6,11H,4-5H2,2H3,(H,9,14)(H,12,13). The van der Waals surface area contributed by atoms with Crippen LogP contribution in [0.2, 0.25) is 0 Å². The molecule has 0 saturated carbocycles. The number of amides is 2. The maximum absolute atomic E-state index is 11.2. The Kier molecular flexibility index (Phi) is 5.10. The summed E-state index contributed by atoms with van der Waals surface area (Å²) >= 11 is 0. The molecule has 0 saturated heterocycles. The van der Waals surface area contributed by atoms with Crippen molar-refractivity contribution in [3.8, 4) is 12.3 Å². The van der Waals surface area contributed by atoms with Gasteiger partial charge >= 0.3 is 12.0 Å². The molecule has 3 N–H and O–H groups in total. The molecule has 6 heteroatoms. The lowest BCUT2D eigenvalue weighted by Crippen LogP contribution is -2.48. The van der Waals surface area contributed by atoms with Crippen LogP contribution in [0.15, 0.2) is 0 Å². The van der Waals surface area contributed by atoms with Crippen molar-refractivity contribution in [3.63, 3.8) is 0 Å². The minimum atomic E-state index is -1.30. The number of hydrogen-bond donors (Lipinski definition) is 3. The predicted octanol–water partition coefficient (Wildman–Crippen LogP) is -1.29. The topological polar surface area (TPSA) is 89.9 Å². The van der Waals surface area contributed by atoms with Crippen molar-refractivity contribution >= 4 is 12.0 Å². The molecule has 0 heterocycles. The van der Waals surface area contributed by atoms with Gasteiger partial charge in [-0.05, 0) is 0 Å². The largest absolute Gasteiger partial charge is 0.480 e. The molecule has 0 aliphatic rings. The summed E-state index contributed by atoms with van der Waals surface area (Å²) in [5, 5.41) is 19.2. The highest BCUT2D eigenvalue weighted by Crippen LogP contribution is 1.87. The number of carboxylic acid groups (broad SMARTS) is 1. The highest BCUT2D eigenvalue weighted by Gasteiger charge is 2.19. The number of carbonyl (C=O) groups is 2. The van der Waals surface area contributed by atoms with E-state index in [1.54, 1.807) is 0 Å². The van der Waals surface area contributed by atoms with E-state index < -0.39 is 24.6 Å². The van der Waals surface area contributed by atoms with Gasteiger partial charge in [0.05, 0.1) is 13.2 Å². The summed E-state index contributed by atoms with van der Waals surface area (Å²) in [6.07, 6.45) is 4.95. The number of nitrogens with zero attached hydrogens (tertiary/aromatic N) is 1. The van der Waals surface area contributed by atoms with Crippen molar-refractivity contribution in [2.24, 2.45) is 0 Å². The van der Waals surface area contributed by atoms with E-state index in [-0.39, 0.29) is 6.54 Å². The zero-order chi connectivity index (χ0) is 11.1. The van der Waals surface area contributed by atoms with E-state index in [9.17, 15) is 9.59 Å². The molecule has 0 fully saturated rings. The minimum absolute atomic E-state index is 0.0730. The second-order valence-corrected chi connectivity index (χ2v) is 2.58. The first-order valence-electron chi connectivity index (χ1n) is 3.81. The van der Waals surface area contributed by atoms with Crippen molar-refractivity contribution in [2.45, 2.75) is 6.04 Å². The van der Waals surface area contributed by atoms with E-state index in [0.29, 0.717) is 0 Å². The van der Waals surface area contributed by atoms with Crippen LogP contribution in [0.4, 0.5) is 4.79 Å². The fourth-order valence-electron chi connectivity index (χ4n) is 0.653. The number of aliphatic hydroxyl groups is 1. The van der Waals surface area contributed by atoms with Crippen LogP contribution in [-0.4, -0.2) is 53.4 Å². The third-order valence-corrected chi connectivity index (χ3v) is 1.45. The molecule has 0 aromatic rings. The molecule has 0 bridgehead atoms. The van der Waals surface area contributed by atoms with Gasteiger partial charge in [-0.2, -0.15) is 0 Å². The molecule has 0 rings (SSSR count). The lowest BCUT2D eigenvalue weighted by molar-refractivity contribution is -0.140. The summed E-state index contributed by atoms with van der Waals surface area (Å²) < 4.78 is 0. The summed E-state index contributed by atoms with van der Waals surface area (Å²) in [4.78, 5) is 22.7. The van der Waals surface area contributed by atoms with Crippen LogP contribution in [0, 0.1) is 12.3 Å². The van der Waals surface area contributed by atoms with Crippen LogP contribution >= 0.6 is 0 Å². The number of terminal acetylenes is 1. The second-order valence-electron chi connectivity index (χ2n) is 2.58. The van der Waals surface area contributed by atoms with Crippen LogP contribution in [0.25, 0.3) is 0 Å². The van der Waals surface area contributed by atoms with E-state index in [1.807, 2.05) is 0 Å². The normalized spacial score (nSPS) is 11.2. The Morgan fingerprint density at radius 2 is 2.21 bits per heavy atom. The average molecular weight is 200 g/mol. The Hall–Kier alpha value is -1.74. The summed E-state index contributed by atoms with van der Waals surface area (Å²) in [6, 6.07) is -1.94. The molecule has 6 nitrogen and oxygen atoms in total. The van der Waals surface area contributed by atoms with Gasteiger partial charge in [0, 0.05) is 7.05 Å². The molecule has 0 spiro atoms. The number of hydrogen-bond acceptors (Lipinski definition) is 3. The fraction of sp³-hybridized carbons (Fsp3) is 0.500. The molecule has 0 aromatic carbocycles. The summed E-state index contributed by atoms with van der Waals surface area (Å²) in [7, 11) is 1.42. The molecule has 0 aliphatic carbocycles. The van der Waals surface area contributed by atoms with E-state index >= 15 is 0 Å². The fourth-order valence-corrected chi connectivity index (χ4v) is 0.653. The van der Waals surface area contributed by atoms with Crippen molar-refractivity contribution in [2.75, 3.05) is 20.2 Å². The Morgan fingerprint density at radius 3 is 2.57 bits per heavy atom. The maximum atomic E-state index is 11.2. The van der Waals surface area contributed by atoms with Gasteiger partial charge in [0.1, 0.15) is 0 Å². The first kappa shape index (κ1) is 12.3. The summed E-state index contributed by atoms with van der Waals surface area (Å²) in [6.45, 7) is -0.589. The highest BCUT2D eigenvalue weighted by atomic mass is 16.4. The molecule has 2 amide bonds. The van der Waals surface area contributed by atoms with E-state index in [1.165, 1.54) is 7.05 Å². The molecular weight excluding hydrogens is 188 g/mol. The van der Waals surface area contributed by atoms with Crippen LogP contribution < -0.4 is 5.32 Å². The Balaban J connectivity index is 4.16. The molecule has 1 unspecified atom stereocenters. The molecule has 78 valence electrons. The van der Waals surface area contributed by atoms with E-state index in [0.717, 1.165) is 4.90 Å². The van der Waals surface area contributed by atoms with Gasteiger partial charge in [-0.15, -0.1) is 6.42 Å². The van der Waals surface area contributed by atoms with Gasteiger partial charge in [0.25, 0.3) is 0 Å². The number of nitrogens with one attached hydrogen (secondary N) is 1. The SMILES string of the molecule is C#CCN(C)C(=O)NC(CO)C(=O)O. The van der Waals surface area contributed by atoms with Gasteiger partial charge in [-0.25, -0.2) is 9.59 Å². The molecule has 1 atom stereocenters. The number of carboxylic acids is 1. The van der Waals surface area contributed by atoms with E-state index in [4.69, 9.17) is 16.6 Å². The third kappa shape index (κ3) is 3.78. The predicted molar refractivity (Wildman–Crippen MR) is 48.5 cm³/mol. The summed E-state index contributed by atoms with van der Waals surface area (Å²) in [5.41, 5.74) is 0. The lowest BCUT2D eigenvalue weighted by atomic mass is 10.3. The number of urea groups is 1.